The molecule has 30 heavy (non-hydrogen) atoms. The van der Waals surface area contributed by atoms with Gasteiger partial charge in [0.1, 0.15) is 0 Å². The molecule has 2 aromatic rings. The van der Waals surface area contributed by atoms with E-state index < -0.39 is 11.7 Å². The topological polar surface area (TPSA) is 40.6 Å². The van der Waals surface area contributed by atoms with Gasteiger partial charge in [0.25, 0.3) is 5.91 Å². The highest BCUT2D eigenvalue weighted by atomic mass is 19.4. The normalized spacial score (nSPS) is 12.4. The van der Waals surface area contributed by atoms with Crippen molar-refractivity contribution in [3.8, 4) is 0 Å². The number of carbonyl (C=O) groups excluding carboxylic acids is 2. The summed E-state index contributed by atoms with van der Waals surface area (Å²) in [6.45, 7) is 4.63. The molecule has 4 nitrogen and oxygen atoms in total. The van der Waals surface area contributed by atoms with Crippen LogP contribution < -0.4 is 0 Å². The summed E-state index contributed by atoms with van der Waals surface area (Å²) >= 11 is 0. The summed E-state index contributed by atoms with van der Waals surface area (Å²) < 4.78 is 38.1. The third-order valence-corrected chi connectivity index (χ3v) is 5.00. The third kappa shape index (κ3) is 6.08. The maximum Gasteiger partial charge on any atom is 0.416 e. The summed E-state index contributed by atoms with van der Waals surface area (Å²) in [4.78, 5) is 27.9. The molecule has 2 aromatic carbocycles. The van der Waals surface area contributed by atoms with E-state index in [4.69, 9.17) is 0 Å². The first kappa shape index (κ1) is 23.4. The molecular weight excluding hydrogens is 393 g/mol. The van der Waals surface area contributed by atoms with Crippen molar-refractivity contribution in [1.82, 2.24) is 9.80 Å². The number of alkyl halides is 3. The Morgan fingerprint density at radius 1 is 0.967 bits per heavy atom. The van der Waals surface area contributed by atoms with Gasteiger partial charge in [0.05, 0.1) is 5.56 Å². The molecule has 0 radical (unpaired) electrons. The minimum atomic E-state index is -4.37. The molecule has 0 aliphatic heterocycles. The fraction of sp³-hybridized carbons (Fsp3) is 0.391. The molecule has 0 fully saturated rings. The first-order valence-electron chi connectivity index (χ1n) is 9.78. The molecule has 0 saturated heterocycles. The number of benzene rings is 2. The summed E-state index contributed by atoms with van der Waals surface area (Å²) in [7, 11) is 3.37. The van der Waals surface area contributed by atoms with Gasteiger partial charge in [-0.2, -0.15) is 13.2 Å². The summed E-state index contributed by atoms with van der Waals surface area (Å²) in [5.41, 5.74) is 1.48. The molecule has 0 saturated carbocycles. The highest BCUT2D eigenvalue weighted by Crippen LogP contribution is 2.30. The van der Waals surface area contributed by atoms with Crippen molar-refractivity contribution >= 4 is 11.8 Å². The van der Waals surface area contributed by atoms with Gasteiger partial charge in [0, 0.05) is 39.2 Å². The van der Waals surface area contributed by atoms with E-state index in [-0.39, 0.29) is 24.2 Å². The van der Waals surface area contributed by atoms with Crippen LogP contribution in [-0.2, 0) is 17.5 Å². The van der Waals surface area contributed by atoms with Crippen LogP contribution in [0.3, 0.4) is 0 Å². The van der Waals surface area contributed by atoms with Crippen molar-refractivity contribution in [1.29, 1.82) is 0 Å². The summed E-state index contributed by atoms with van der Waals surface area (Å²) in [5.74, 6) is -0.359. The van der Waals surface area contributed by atoms with Gasteiger partial charge < -0.3 is 9.80 Å². The monoisotopic (exact) mass is 420 g/mol. The van der Waals surface area contributed by atoms with Crippen LogP contribution in [0.25, 0.3) is 0 Å². The largest absolute Gasteiger partial charge is 0.416 e. The summed E-state index contributed by atoms with van der Waals surface area (Å²) in [6, 6.07) is 12.1. The van der Waals surface area contributed by atoms with Crippen LogP contribution in [0.2, 0.25) is 0 Å². The van der Waals surface area contributed by atoms with Gasteiger partial charge in [-0.3, -0.25) is 9.59 Å². The van der Waals surface area contributed by atoms with Crippen molar-refractivity contribution in [2.75, 3.05) is 20.6 Å². The lowest BCUT2D eigenvalue weighted by molar-refractivity contribution is -0.137. The first-order chi connectivity index (χ1) is 14.0. The lowest BCUT2D eigenvalue weighted by Crippen LogP contribution is -2.31. The predicted octanol–water partition coefficient (Wildman–Crippen LogP) is 4.95. The fourth-order valence-corrected chi connectivity index (χ4v) is 3.12. The second kappa shape index (κ2) is 9.78. The Balaban J connectivity index is 2.01. The molecule has 0 N–H and O–H groups in total. The van der Waals surface area contributed by atoms with Crippen molar-refractivity contribution in [2.45, 2.75) is 38.9 Å². The molecular formula is C23H27F3N2O2. The predicted molar refractivity (Wildman–Crippen MR) is 110 cm³/mol. The van der Waals surface area contributed by atoms with Crippen molar-refractivity contribution in [3.05, 3.63) is 70.8 Å². The highest BCUT2D eigenvalue weighted by Gasteiger charge is 2.30. The number of rotatable bonds is 7. The molecule has 7 heteroatoms. The Labute approximate surface area is 175 Å². The minimum Gasteiger partial charge on any atom is -0.345 e. The zero-order valence-electron chi connectivity index (χ0n) is 17.7. The average Bonchev–Trinajstić information content (AvgIpc) is 2.71. The average molecular weight is 420 g/mol. The second-order valence-corrected chi connectivity index (χ2v) is 7.53. The first-order valence-corrected chi connectivity index (χ1v) is 9.78. The van der Waals surface area contributed by atoms with Crippen molar-refractivity contribution < 1.29 is 22.8 Å². The second-order valence-electron chi connectivity index (χ2n) is 7.53. The Morgan fingerprint density at radius 2 is 1.53 bits per heavy atom. The number of carbonyl (C=O) groups is 2. The van der Waals surface area contributed by atoms with E-state index in [1.165, 1.54) is 17.0 Å². The van der Waals surface area contributed by atoms with Crippen molar-refractivity contribution in [3.63, 3.8) is 0 Å². The van der Waals surface area contributed by atoms with E-state index in [2.05, 4.69) is 0 Å². The number of nitrogens with zero attached hydrogens (tertiary/aromatic N) is 2. The SMILES string of the molecule is CCN(Cc1ccc(C(=O)N(C)C)cc1)C(=O)CC(C)c1ccc(C(F)(F)F)cc1. The molecule has 0 spiro atoms. The third-order valence-electron chi connectivity index (χ3n) is 5.00. The van der Waals surface area contributed by atoms with E-state index in [0.29, 0.717) is 24.2 Å². The molecule has 0 aliphatic carbocycles. The van der Waals surface area contributed by atoms with Crippen molar-refractivity contribution in [2.24, 2.45) is 0 Å². The van der Waals surface area contributed by atoms with Crippen LogP contribution in [0, 0.1) is 0 Å². The number of hydrogen-bond donors (Lipinski definition) is 0. The van der Waals surface area contributed by atoms with Crippen LogP contribution in [0.5, 0.6) is 0 Å². The molecule has 0 aromatic heterocycles. The maximum absolute atomic E-state index is 12.7. The lowest BCUT2D eigenvalue weighted by atomic mass is 9.96. The van der Waals surface area contributed by atoms with Crippen LogP contribution in [0.4, 0.5) is 13.2 Å². The van der Waals surface area contributed by atoms with E-state index in [9.17, 15) is 22.8 Å². The van der Waals surface area contributed by atoms with E-state index in [1.807, 2.05) is 26.0 Å². The minimum absolute atomic E-state index is 0.0710. The van der Waals surface area contributed by atoms with Crippen LogP contribution >= 0.6 is 0 Å². The molecule has 0 heterocycles. The Morgan fingerprint density at radius 3 is 2.00 bits per heavy atom. The van der Waals surface area contributed by atoms with Crippen LogP contribution in [0.15, 0.2) is 48.5 Å². The van der Waals surface area contributed by atoms with Gasteiger partial charge >= 0.3 is 6.18 Å². The highest BCUT2D eigenvalue weighted by molar-refractivity contribution is 5.93. The lowest BCUT2D eigenvalue weighted by Gasteiger charge is -2.23. The van der Waals surface area contributed by atoms with Gasteiger partial charge in [-0.1, -0.05) is 31.2 Å². The van der Waals surface area contributed by atoms with Gasteiger partial charge in [-0.25, -0.2) is 0 Å². The Kier molecular flexibility index (Phi) is 7.65. The summed E-state index contributed by atoms with van der Waals surface area (Å²) in [6.07, 6.45) is -4.17. The molecule has 0 bridgehead atoms. The fourth-order valence-electron chi connectivity index (χ4n) is 3.12. The van der Waals surface area contributed by atoms with Crippen LogP contribution in [0.1, 0.15) is 53.2 Å². The van der Waals surface area contributed by atoms with Gasteiger partial charge in [-0.15, -0.1) is 0 Å². The molecule has 2 rings (SSSR count). The number of hydrogen-bond acceptors (Lipinski definition) is 2. The smallest absolute Gasteiger partial charge is 0.345 e. The molecule has 162 valence electrons. The van der Waals surface area contributed by atoms with E-state index in [1.54, 1.807) is 31.1 Å². The maximum atomic E-state index is 12.7. The van der Waals surface area contributed by atoms with Gasteiger partial charge in [-0.05, 0) is 48.2 Å². The zero-order valence-corrected chi connectivity index (χ0v) is 17.7. The standard InChI is InChI=1S/C23H27F3N2O2/c1-5-28(15-17-6-8-19(9-7-17)22(30)27(3)4)21(29)14-16(2)18-10-12-20(13-11-18)23(24,25)26/h6-13,16H,5,14-15H2,1-4H3. The quantitative estimate of drug-likeness (QED) is 0.636. The molecule has 0 aliphatic rings. The van der Waals surface area contributed by atoms with Gasteiger partial charge in [0.2, 0.25) is 5.91 Å². The zero-order chi connectivity index (χ0) is 22.5. The molecule has 1 atom stereocenters. The number of amides is 2. The molecule has 2 amide bonds. The van der Waals surface area contributed by atoms with Gasteiger partial charge in [0.15, 0.2) is 0 Å². The van der Waals surface area contributed by atoms with E-state index in [0.717, 1.165) is 17.7 Å². The molecule has 1 unspecified atom stereocenters. The Bertz CT molecular complexity index is 860. The van der Waals surface area contributed by atoms with Crippen LogP contribution in [-0.4, -0.2) is 42.3 Å². The Hall–Kier alpha value is -2.83. The summed E-state index contributed by atoms with van der Waals surface area (Å²) in [5, 5.41) is 0. The van der Waals surface area contributed by atoms with E-state index >= 15 is 0 Å². The number of halogens is 3.